The van der Waals surface area contributed by atoms with Gasteiger partial charge in [-0.2, -0.15) is 0 Å². The Labute approximate surface area is 278 Å². The predicted octanol–water partition coefficient (Wildman–Crippen LogP) is 10.3. The number of hydrogen-bond acceptors (Lipinski definition) is 1. The maximum absolute atomic E-state index is 4.30. The molecule has 0 amide bonds. The van der Waals surface area contributed by atoms with E-state index in [-0.39, 0.29) is 0 Å². The molecule has 0 saturated carbocycles. The van der Waals surface area contributed by atoms with Crippen molar-refractivity contribution in [2.75, 3.05) is 7.05 Å². The maximum atomic E-state index is 4.30. The van der Waals surface area contributed by atoms with E-state index < -0.39 is 0 Å². The van der Waals surface area contributed by atoms with Crippen molar-refractivity contribution in [3.8, 4) is 16.8 Å². The molecule has 1 aliphatic heterocycles. The minimum absolute atomic E-state index is 0.889. The fourth-order valence-electron chi connectivity index (χ4n) is 7.26. The molecule has 0 atom stereocenters. The molecule has 0 bridgehead atoms. The van der Waals surface area contributed by atoms with Crippen molar-refractivity contribution in [2.24, 2.45) is 4.99 Å². The highest BCUT2D eigenvalue weighted by Gasteiger charge is 2.18. The zero-order chi connectivity index (χ0) is 32.0. The second-order valence-electron chi connectivity index (χ2n) is 12.4. The molecule has 3 nitrogen and oxygen atoms in total. The minimum Gasteiger partial charge on any atom is -0.308 e. The van der Waals surface area contributed by atoms with E-state index in [0.717, 1.165) is 12.0 Å². The van der Waals surface area contributed by atoms with Crippen LogP contribution >= 0.6 is 0 Å². The van der Waals surface area contributed by atoms with Gasteiger partial charge in [0, 0.05) is 40.9 Å². The van der Waals surface area contributed by atoms with Crippen LogP contribution in [0.1, 0.15) is 11.1 Å². The van der Waals surface area contributed by atoms with Crippen molar-refractivity contribution in [3.63, 3.8) is 0 Å². The van der Waals surface area contributed by atoms with Gasteiger partial charge < -0.3 is 4.57 Å². The molecule has 3 heteroatoms. The number of nitrogens with zero attached hydrogens (tertiary/aromatic N) is 3. The second kappa shape index (κ2) is 11.5. The summed E-state index contributed by atoms with van der Waals surface area (Å²) in [5.74, 6) is 0. The molecule has 8 aromatic rings. The van der Waals surface area contributed by atoms with Crippen LogP contribution in [0.2, 0.25) is 0 Å². The van der Waals surface area contributed by atoms with Crippen molar-refractivity contribution in [1.29, 1.82) is 0 Å². The molecular formula is C45H32N3+. The summed E-state index contributed by atoms with van der Waals surface area (Å²) >= 11 is 0. The molecular weight excluding hydrogens is 583 g/mol. The van der Waals surface area contributed by atoms with Crippen molar-refractivity contribution in [3.05, 3.63) is 157 Å². The average Bonchev–Trinajstić information content (AvgIpc) is 3.80. The third kappa shape index (κ3) is 4.69. The highest BCUT2D eigenvalue weighted by atomic mass is 15.0. The molecule has 2 heterocycles. The highest BCUT2D eigenvalue weighted by Crippen LogP contribution is 2.40. The smallest absolute Gasteiger partial charge is 0.300 e. The molecule has 0 aliphatic carbocycles. The molecule has 1 aliphatic rings. The third-order valence-corrected chi connectivity index (χ3v) is 9.60. The van der Waals surface area contributed by atoms with Gasteiger partial charge in [0.05, 0.1) is 22.3 Å². The first-order valence-corrected chi connectivity index (χ1v) is 16.4. The molecule has 7 aromatic carbocycles. The van der Waals surface area contributed by atoms with Gasteiger partial charge in [-0.3, -0.25) is 4.99 Å². The van der Waals surface area contributed by atoms with E-state index in [9.17, 15) is 0 Å². The van der Waals surface area contributed by atoms with Gasteiger partial charge >= 0.3 is 0 Å². The number of rotatable bonds is 6. The Hall–Kier alpha value is -6.28. The first-order chi connectivity index (χ1) is 23.7. The molecule has 0 N–H and O–H groups in total. The Balaban J connectivity index is 1.25. The summed E-state index contributed by atoms with van der Waals surface area (Å²) in [4.78, 5) is 4.03. The van der Waals surface area contributed by atoms with E-state index >= 15 is 0 Å². The number of hydrogen-bond donors (Lipinski definition) is 0. The lowest BCUT2D eigenvalue weighted by molar-refractivity contribution is 1.20. The lowest BCUT2D eigenvalue weighted by atomic mass is 9.98. The molecule has 48 heavy (non-hydrogen) atoms. The predicted molar refractivity (Wildman–Crippen MR) is 208 cm³/mol. The first-order valence-electron chi connectivity index (χ1n) is 16.4. The Morgan fingerprint density at radius 1 is 0.625 bits per heavy atom. The monoisotopic (exact) mass is 614 g/mol. The van der Waals surface area contributed by atoms with E-state index in [0.29, 0.717) is 0 Å². The topological polar surface area (TPSA) is 31.4 Å². The van der Waals surface area contributed by atoms with Crippen molar-refractivity contribution >= 4 is 78.3 Å². The van der Waals surface area contributed by atoms with Crippen LogP contribution in [-0.2, 0) is 6.42 Å². The van der Waals surface area contributed by atoms with E-state index in [2.05, 4.69) is 154 Å². The van der Waals surface area contributed by atoms with Crippen LogP contribution in [-0.4, -0.2) is 30.3 Å². The number of aliphatic imine (C=N–C) groups is 1. The summed E-state index contributed by atoms with van der Waals surface area (Å²) < 4.78 is 6.79. The zero-order valence-electron chi connectivity index (χ0n) is 26.6. The van der Waals surface area contributed by atoms with Gasteiger partial charge in [0.2, 0.25) is 0 Å². The van der Waals surface area contributed by atoms with E-state index in [4.69, 9.17) is 0 Å². The van der Waals surface area contributed by atoms with Crippen molar-refractivity contribution in [2.45, 2.75) is 6.42 Å². The Morgan fingerprint density at radius 2 is 1.38 bits per heavy atom. The van der Waals surface area contributed by atoms with Gasteiger partial charge in [-0.1, -0.05) is 109 Å². The molecule has 226 valence electrons. The number of benzene rings is 7. The molecule has 0 spiro atoms. The fourth-order valence-corrected chi connectivity index (χ4v) is 7.26. The average molecular weight is 615 g/mol. The summed E-state index contributed by atoms with van der Waals surface area (Å²) in [5.41, 5.74) is 9.65. The highest BCUT2D eigenvalue weighted by molar-refractivity contribution is 6.22. The van der Waals surface area contributed by atoms with Crippen LogP contribution in [0.25, 0.3) is 76.5 Å². The molecule has 0 unspecified atom stereocenters. The van der Waals surface area contributed by atoms with Gasteiger partial charge in [-0.15, -0.1) is 4.67 Å². The van der Waals surface area contributed by atoms with Crippen LogP contribution in [0.15, 0.2) is 151 Å². The van der Waals surface area contributed by atoms with Gasteiger partial charge in [0.1, 0.15) is 0 Å². The second-order valence-corrected chi connectivity index (χ2v) is 12.4. The molecule has 0 saturated heterocycles. The summed E-state index contributed by atoms with van der Waals surface area (Å²) in [7, 11) is 1.79. The fraction of sp³-hybridized carbons (Fsp3) is 0.0444. The van der Waals surface area contributed by atoms with Crippen LogP contribution in [0.5, 0.6) is 0 Å². The molecule has 1 aromatic heterocycles. The lowest BCUT2D eigenvalue weighted by Crippen LogP contribution is -1.96. The van der Waals surface area contributed by atoms with Crippen molar-refractivity contribution in [1.82, 2.24) is 9.24 Å². The summed E-state index contributed by atoms with van der Waals surface area (Å²) in [6, 6.07) is 47.3. The van der Waals surface area contributed by atoms with Gasteiger partial charge in [0.25, 0.3) is 12.4 Å². The SMILES string of the molecule is CN=C/C=C\Cc1ccc2cc(-c3ccc4c5ccc6cc(C7=CC=[N+]=C7)ccc6c5n(-c5cccc6ccccc56)c4c3)ccc2c1. The number of allylic oxidation sites excluding steroid dienone is 4. The standard InChI is InChI=1S/C45H32N3/c1-46-23-5-4-7-30-12-13-33-26-34(15-14-32(33)25-30)36-17-20-41-42-21-18-37-27-35(38-22-24-47-29-38)16-19-40(37)45(42)48(44(41)28-36)43-11-6-9-31-8-2-3-10-39(31)43/h2-6,8-29H,7H2,1H3/q+1/b5-4-,46-23?. The number of aromatic nitrogens is 1. The summed E-state index contributed by atoms with van der Waals surface area (Å²) in [5, 5.41) is 9.92. The summed E-state index contributed by atoms with van der Waals surface area (Å²) in [6.45, 7) is 0. The maximum Gasteiger partial charge on any atom is 0.300 e. The summed E-state index contributed by atoms with van der Waals surface area (Å²) in [6.07, 6.45) is 12.7. The van der Waals surface area contributed by atoms with Gasteiger partial charge in [-0.25, -0.2) is 0 Å². The van der Waals surface area contributed by atoms with Crippen LogP contribution in [0.4, 0.5) is 0 Å². The Morgan fingerprint density at radius 3 is 2.29 bits per heavy atom. The normalized spacial score (nSPS) is 13.1. The third-order valence-electron chi connectivity index (χ3n) is 9.60. The van der Waals surface area contributed by atoms with Gasteiger partial charge in [-0.05, 0) is 80.6 Å². The minimum atomic E-state index is 0.889. The van der Waals surface area contributed by atoms with Gasteiger partial charge in [0.15, 0.2) is 0 Å². The van der Waals surface area contributed by atoms with Crippen molar-refractivity contribution < 1.29 is 0 Å². The lowest BCUT2D eigenvalue weighted by Gasteiger charge is -2.14. The Kier molecular flexibility index (Phi) is 6.71. The van der Waals surface area contributed by atoms with E-state index in [1.807, 2.05) is 24.7 Å². The van der Waals surface area contributed by atoms with E-state index in [1.54, 1.807) is 7.05 Å². The molecule has 9 rings (SSSR count). The molecule has 0 fully saturated rings. The molecule has 0 radical (unpaired) electrons. The van der Waals surface area contributed by atoms with E-state index in [1.165, 1.54) is 82.1 Å². The van der Waals surface area contributed by atoms with Crippen LogP contribution in [0.3, 0.4) is 0 Å². The number of fused-ring (bicyclic) bond motifs is 7. The van der Waals surface area contributed by atoms with Crippen LogP contribution < -0.4 is 4.67 Å². The Bertz CT molecular complexity index is 2740. The zero-order valence-corrected chi connectivity index (χ0v) is 26.6. The quantitative estimate of drug-likeness (QED) is 0.132. The van der Waals surface area contributed by atoms with Crippen LogP contribution in [0, 0.1) is 0 Å². The largest absolute Gasteiger partial charge is 0.308 e. The first kappa shape index (κ1) is 28.0.